The van der Waals surface area contributed by atoms with Crippen molar-refractivity contribution < 1.29 is 9.53 Å². The van der Waals surface area contributed by atoms with Crippen molar-refractivity contribution in [2.24, 2.45) is 5.73 Å². The van der Waals surface area contributed by atoms with Crippen LogP contribution in [0.1, 0.15) is 32.7 Å². The molecule has 7 heteroatoms. The summed E-state index contributed by atoms with van der Waals surface area (Å²) in [5, 5.41) is 8.43. The minimum atomic E-state index is -0.838. The van der Waals surface area contributed by atoms with E-state index in [9.17, 15) is 4.79 Å². The van der Waals surface area contributed by atoms with E-state index >= 15 is 0 Å². The van der Waals surface area contributed by atoms with Crippen LogP contribution in [0.3, 0.4) is 0 Å². The number of nitrogens with zero attached hydrogens (tertiary/aromatic N) is 2. The van der Waals surface area contributed by atoms with Crippen molar-refractivity contribution in [1.29, 1.82) is 0 Å². The minimum Gasteiger partial charge on any atom is -0.381 e. The third kappa shape index (κ3) is 3.65. The molecule has 0 radical (unpaired) electrons. The lowest BCUT2D eigenvalue weighted by molar-refractivity contribution is -0.124. The molecule has 1 aromatic carbocycles. The number of anilines is 1. The van der Waals surface area contributed by atoms with Crippen molar-refractivity contribution >= 4 is 34.9 Å². The monoisotopic (exact) mass is 338 g/mol. The average molecular weight is 339 g/mol. The van der Waals surface area contributed by atoms with Crippen molar-refractivity contribution in [3.8, 4) is 0 Å². The van der Waals surface area contributed by atoms with E-state index in [4.69, 9.17) is 10.5 Å². The van der Waals surface area contributed by atoms with E-state index in [2.05, 4.69) is 24.3 Å². The quantitative estimate of drug-likeness (QED) is 0.900. The van der Waals surface area contributed by atoms with Gasteiger partial charge >= 0.3 is 0 Å². The number of fused-ring (bicyclic) bond motifs is 1. The van der Waals surface area contributed by atoms with Crippen molar-refractivity contribution in [3.05, 3.63) is 24.4 Å². The number of rotatable bonds is 3. The number of hydrogen-bond donors (Lipinski definition) is 2. The maximum Gasteiger partial charge on any atom is 0.244 e. The molecule has 126 valence electrons. The first-order chi connectivity index (χ1) is 10.5. The Bertz CT molecular complexity index is 692. The molecule has 23 heavy (non-hydrogen) atoms. The minimum absolute atomic E-state index is 0. The largest absolute Gasteiger partial charge is 0.381 e. The number of nitrogens with one attached hydrogen (secondary N) is 1. The van der Waals surface area contributed by atoms with Crippen LogP contribution in [0.15, 0.2) is 24.4 Å². The summed E-state index contributed by atoms with van der Waals surface area (Å²) in [6.07, 6.45) is 3.08. The van der Waals surface area contributed by atoms with E-state index in [0.717, 1.165) is 16.6 Å². The van der Waals surface area contributed by atoms with Gasteiger partial charge in [0.15, 0.2) is 0 Å². The highest BCUT2D eigenvalue weighted by Crippen LogP contribution is 2.23. The first kappa shape index (κ1) is 17.7. The summed E-state index contributed by atoms with van der Waals surface area (Å²) in [5.74, 6) is -0.147. The van der Waals surface area contributed by atoms with Crippen molar-refractivity contribution in [2.45, 2.75) is 38.3 Å². The van der Waals surface area contributed by atoms with Gasteiger partial charge in [0, 0.05) is 36.5 Å². The molecule has 6 nitrogen and oxygen atoms in total. The molecule has 2 aromatic rings. The molecule has 1 fully saturated rings. The zero-order valence-electron chi connectivity index (χ0n) is 13.4. The molecule has 1 aromatic heterocycles. The molecule has 2 heterocycles. The van der Waals surface area contributed by atoms with Gasteiger partial charge in [-0.25, -0.2) is 0 Å². The molecule has 1 aliphatic heterocycles. The van der Waals surface area contributed by atoms with Crippen LogP contribution >= 0.6 is 12.4 Å². The molecule has 1 amide bonds. The summed E-state index contributed by atoms with van der Waals surface area (Å²) >= 11 is 0. The van der Waals surface area contributed by atoms with Gasteiger partial charge in [-0.2, -0.15) is 5.10 Å². The van der Waals surface area contributed by atoms with Crippen LogP contribution in [0.25, 0.3) is 10.9 Å². The second-order valence-corrected chi connectivity index (χ2v) is 6.20. The normalized spacial score (nSPS) is 17.0. The molecule has 3 N–H and O–H groups in total. The Morgan fingerprint density at radius 1 is 1.39 bits per heavy atom. The van der Waals surface area contributed by atoms with Gasteiger partial charge in [0.1, 0.15) is 5.54 Å². The van der Waals surface area contributed by atoms with Gasteiger partial charge in [-0.1, -0.05) is 0 Å². The lowest BCUT2D eigenvalue weighted by Crippen LogP contribution is -2.54. The topological polar surface area (TPSA) is 82.2 Å². The Hall–Kier alpha value is -1.63. The van der Waals surface area contributed by atoms with E-state index in [1.807, 2.05) is 29.1 Å². The van der Waals surface area contributed by atoms with Gasteiger partial charge in [-0.15, -0.1) is 12.4 Å². The van der Waals surface area contributed by atoms with Crippen LogP contribution in [0.5, 0.6) is 0 Å². The van der Waals surface area contributed by atoms with Crippen LogP contribution in [-0.4, -0.2) is 34.4 Å². The molecule has 0 aliphatic carbocycles. The fourth-order valence-electron chi connectivity index (χ4n) is 2.61. The van der Waals surface area contributed by atoms with Gasteiger partial charge in [0.25, 0.3) is 0 Å². The van der Waals surface area contributed by atoms with Crippen LogP contribution in [-0.2, 0) is 9.53 Å². The lowest BCUT2D eigenvalue weighted by atomic mass is 9.90. The predicted molar refractivity (Wildman–Crippen MR) is 93.0 cm³/mol. The standard InChI is InChI=1S/C16H22N4O2.ClH/c1-11(2)20-10-12-9-13(3-4-14(12)19-20)18-15(21)16(17)5-7-22-8-6-16;/h3-4,9-11H,5-8,17H2,1-2H3,(H,18,21);1H. The van der Waals surface area contributed by atoms with E-state index < -0.39 is 5.54 Å². The number of carbonyl (C=O) groups excluding carboxylic acids is 1. The van der Waals surface area contributed by atoms with Gasteiger partial charge in [0.05, 0.1) is 5.52 Å². The highest BCUT2D eigenvalue weighted by molar-refractivity contribution is 5.99. The van der Waals surface area contributed by atoms with Crippen molar-refractivity contribution in [1.82, 2.24) is 9.78 Å². The average Bonchev–Trinajstić information content (AvgIpc) is 2.91. The number of ether oxygens (including phenoxy) is 1. The maximum atomic E-state index is 12.4. The smallest absolute Gasteiger partial charge is 0.244 e. The maximum absolute atomic E-state index is 12.4. The molecule has 3 rings (SSSR count). The van der Waals surface area contributed by atoms with Gasteiger partial charge in [0.2, 0.25) is 5.91 Å². The Labute approximate surface area is 141 Å². The number of benzene rings is 1. The lowest BCUT2D eigenvalue weighted by Gasteiger charge is -2.31. The first-order valence-corrected chi connectivity index (χ1v) is 7.65. The molecule has 0 atom stereocenters. The number of halogens is 1. The molecule has 0 saturated carbocycles. The van der Waals surface area contributed by atoms with Crippen molar-refractivity contribution in [3.63, 3.8) is 0 Å². The number of nitrogens with two attached hydrogens (primary N) is 1. The summed E-state index contributed by atoms with van der Waals surface area (Å²) in [6, 6.07) is 6.01. The summed E-state index contributed by atoms with van der Waals surface area (Å²) < 4.78 is 7.19. The highest BCUT2D eigenvalue weighted by Gasteiger charge is 2.35. The molecular formula is C16H23ClN4O2. The molecule has 0 unspecified atom stereocenters. The SMILES string of the molecule is CC(C)n1cc2cc(NC(=O)C3(N)CCOCC3)ccc2n1.Cl. The third-order valence-electron chi connectivity index (χ3n) is 4.15. The molecule has 1 saturated heterocycles. The Morgan fingerprint density at radius 2 is 2.09 bits per heavy atom. The van der Waals surface area contributed by atoms with Gasteiger partial charge in [-0.3, -0.25) is 9.48 Å². The third-order valence-corrected chi connectivity index (χ3v) is 4.15. The number of hydrogen-bond acceptors (Lipinski definition) is 4. The Kier molecular flexibility index (Phi) is 5.29. The van der Waals surface area contributed by atoms with Crippen LogP contribution < -0.4 is 11.1 Å². The van der Waals surface area contributed by atoms with Crippen LogP contribution in [0.4, 0.5) is 5.69 Å². The van der Waals surface area contributed by atoms with Gasteiger partial charge in [-0.05, 0) is 44.9 Å². The Balaban J connectivity index is 0.00000192. The van der Waals surface area contributed by atoms with E-state index in [1.54, 1.807) is 0 Å². The summed E-state index contributed by atoms with van der Waals surface area (Å²) in [6.45, 7) is 5.23. The van der Waals surface area contributed by atoms with E-state index in [1.165, 1.54) is 0 Å². The molecular weight excluding hydrogens is 316 g/mol. The summed E-state index contributed by atoms with van der Waals surface area (Å²) in [5.41, 5.74) is 7.02. The number of carbonyl (C=O) groups is 1. The summed E-state index contributed by atoms with van der Waals surface area (Å²) in [7, 11) is 0. The molecule has 0 bridgehead atoms. The van der Waals surface area contributed by atoms with Crippen molar-refractivity contribution in [2.75, 3.05) is 18.5 Å². The van der Waals surface area contributed by atoms with Crippen LogP contribution in [0, 0.1) is 0 Å². The fourth-order valence-corrected chi connectivity index (χ4v) is 2.61. The highest BCUT2D eigenvalue weighted by atomic mass is 35.5. The van der Waals surface area contributed by atoms with Gasteiger partial charge < -0.3 is 15.8 Å². The molecule has 0 spiro atoms. The summed E-state index contributed by atoms with van der Waals surface area (Å²) in [4.78, 5) is 12.4. The Morgan fingerprint density at radius 3 is 2.74 bits per heavy atom. The second kappa shape index (κ2) is 6.86. The number of amides is 1. The van der Waals surface area contributed by atoms with Crippen LogP contribution in [0.2, 0.25) is 0 Å². The predicted octanol–water partition coefficient (Wildman–Crippen LogP) is 2.49. The van der Waals surface area contributed by atoms with E-state index in [0.29, 0.717) is 32.1 Å². The van der Waals surface area contributed by atoms with E-state index in [-0.39, 0.29) is 18.3 Å². The first-order valence-electron chi connectivity index (χ1n) is 7.65. The zero-order valence-corrected chi connectivity index (χ0v) is 14.2. The zero-order chi connectivity index (χ0) is 15.7. The molecule has 1 aliphatic rings. The second-order valence-electron chi connectivity index (χ2n) is 6.20. The number of aromatic nitrogens is 2. The fraction of sp³-hybridized carbons (Fsp3) is 0.500.